The highest BCUT2D eigenvalue weighted by molar-refractivity contribution is 9.10. The second-order valence-electron chi connectivity index (χ2n) is 4.87. The molecule has 0 bridgehead atoms. The molecule has 19 heavy (non-hydrogen) atoms. The van der Waals surface area contributed by atoms with Crippen LogP contribution >= 0.6 is 27.5 Å². The van der Waals surface area contributed by atoms with Gasteiger partial charge in [0.25, 0.3) is 0 Å². The summed E-state index contributed by atoms with van der Waals surface area (Å²) in [7, 11) is 0. The average molecular weight is 348 g/mol. The molecule has 0 N–H and O–H groups in total. The van der Waals surface area contributed by atoms with Gasteiger partial charge in [-0.25, -0.2) is 0 Å². The molecule has 1 aromatic carbocycles. The molecule has 2 heterocycles. The smallest absolute Gasteiger partial charge is 0.175 e. The first-order chi connectivity index (χ1) is 9.29. The number of ether oxygens (including phenoxy) is 3. The van der Waals surface area contributed by atoms with Crippen LogP contribution < -0.4 is 9.47 Å². The van der Waals surface area contributed by atoms with Crippen molar-refractivity contribution in [1.29, 1.82) is 0 Å². The Hall–Kier alpha value is -0.450. The minimum atomic E-state index is 0.0611. The molecule has 0 saturated carbocycles. The highest BCUT2D eigenvalue weighted by Gasteiger charge is 2.30. The third kappa shape index (κ3) is 2.71. The largest absolute Gasteiger partial charge is 0.490 e. The molecule has 0 amide bonds. The number of alkyl halides is 1. The van der Waals surface area contributed by atoms with E-state index in [2.05, 4.69) is 22.0 Å². The maximum absolute atomic E-state index is 6.01. The Morgan fingerprint density at radius 3 is 2.89 bits per heavy atom. The van der Waals surface area contributed by atoms with Gasteiger partial charge in [0.1, 0.15) is 0 Å². The number of hydrogen-bond donors (Lipinski definition) is 0. The first kappa shape index (κ1) is 13.5. The summed E-state index contributed by atoms with van der Waals surface area (Å²) in [6.07, 6.45) is 1.98. The molecule has 2 atom stereocenters. The lowest BCUT2D eigenvalue weighted by Crippen LogP contribution is -2.09. The van der Waals surface area contributed by atoms with Crippen LogP contribution in [0, 0.1) is 5.92 Å². The molecule has 2 unspecified atom stereocenters. The molecule has 0 aliphatic carbocycles. The Kier molecular flexibility index (Phi) is 4.20. The number of fused-ring (bicyclic) bond motifs is 1. The van der Waals surface area contributed by atoms with Crippen molar-refractivity contribution in [2.45, 2.75) is 18.9 Å². The van der Waals surface area contributed by atoms with Gasteiger partial charge in [-0.3, -0.25) is 0 Å². The van der Waals surface area contributed by atoms with E-state index in [1.165, 1.54) is 0 Å². The van der Waals surface area contributed by atoms with Crippen LogP contribution in [0.4, 0.5) is 0 Å². The lowest BCUT2D eigenvalue weighted by molar-refractivity contribution is 0.0948. The van der Waals surface area contributed by atoms with E-state index in [1.807, 2.05) is 6.07 Å². The topological polar surface area (TPSA) is 27.7 Å². The fourth-order valence-corrected chi connectivity index (χ4v) is 3.47. The van der Waals surface area contributed by atoms with Gasteiger partial charge in [0, 0.05) is 24.8 Å². The Bertz CT molecular complexity index is 466. The molecule has 1 aromatic rings. The fraction of sp³-hybridized carbons (Fsp3) is 0.571. The number of halogens is 2. The van der Waals surface area contributed by atoms with Crippen molar-refractivity contribution in [3.8, 4) is 11.5 Å². The Labute approximate surface area is 126 Å². The van der Waals surface area contributed by atoms with Crippen LogP contribution in [0.2, 0.25) is 0 Å². The van der Waals surface area contributed by atoms with Crippen molar-refractivity contribution in [2.75, 3.05) is 25.7 Å². The van der Waals surface area contributed by atoms with Gasteiger partial charge in [-0.15, -0.1) is 11.6 Å². The summed E-state index contributed by atoms with van der Waals surface area (Å²) in [6, 6.07) is 4.09. The maximum atomic E-state index is 6.01. The molecule has 3 nitrogen and oxygen atoms in total. The molecule has 0 radical (unpaired) electrons. The van der Waals surface area contributed by atoms with Crippen LogP contribution in [0.3, 0.4) is 0 Å². The van der Waals surface area contributed by atoms with Gasteiger partial charge < -0.3 is 14.2 Å². The zero-order valence-corrected chi connectivity index (χ0v) is 12.9. The third-order valence-electron chi connectivity index (χ3n) is 3.57. The van der Waals surface area contributed by atoms with Crippen LogP contribution in [0.5, 0.6) is 11.5 Å². The van der Waals surface area contributed by atoms with E-state index in [0.717, 1.165) is 41.0 Å². The number of hydrogen-bond acceptors (Lipinski definition) is 3. The molecule has 3 rings (SSSR count). The van der Waals surface area contributed by atoms with Gasteiger partial charge in [0.15, 0.2) is 11.5 Å². The second-order valence-corrected chi connectivity index (χ2v) is 6.04. The van der Waals surface area contributed by atoms with Crippen molar-refractivity contribution < 1.29 is 14.2 Å². The summed E-state index contributed by atoms with van der Waals surface area (Å²) in [5.41, 5.74) is 1.11. The molecule has 1 saturated heterocycles. The van der Waals surface area contributed by atoms with E-state index in [1.54, 1.807) is 0 Å². The molecule has 5 heteroatoms. The highest BCUT2D eigenvalue weighted by Crippen LogP contribution is 2.43. The van der Waals surface area contributed by atoms with Gasteiger partial charge in [-0.05, 0) is 40.0 Å². The summed E-state index contributed by atoms with van der Waals surface area (Å²) in [4.78, 5) is 0. The van der Waals surface area contributed by atoms with Gasteiger partial charge in [-0.1, -0.05) is 0 Å². The van der Waals surface area contributed by atoms with Gasteiger partial charge >= 0.3 is 0 Å². The minimum Gasteiger partial charge on any atom is -0.490 e. The average Bonchev–Trinajstić information content (AvgIpc) is 2.76. The fourth-order valence-electron chi connectivity index (χ4n) is 2.58. The molecule has 1 fully saturated rings. The molecular weight excluding hydrogens is 332 g/mol. The van der Waals surface area contributed by atoms with Crippen LogP contribution in [-0.2, 0) is 4.74 Å². The molecule has 104 valence electrons. The predicted octanol–water partition coefficient (Wildman–Crippen LogP) is 3.93. The van der Waals surface area contributed by atoms with E-state index in [-0.39, 0.29) is 6.10 Å². The first-order valence-electron chi connectivity index (χ1n) is 6.56. The van der Waals surface area contributed by atoms with Crippen LogP contribution in [0.1, 0.15) is 24.5 Å². The molecule has 2 aliphatic heterocycles. The summed E-state index contributed by atoms with van der Waals surface area (Å²) in [5, 5.41) is 0. The van der Waals surface area contributed by atoms with Crippen molar-refractivity contribution in [3.63, 3.8) is 0 Å². The quantitative estimate of drug-likeness (QED) is 0.759. The van der Waals surface area contributed by atoms with E-state index in [0.29, 0.717) is 25.0 Å². The lowest BCUT2D eigenvalue weighted by Gasteiger charge is -2.19. The SMILES string of the molecule is ClCC1CCOC1c1cc(Br)c2c(c1)OCCCO2. The number of rotatable bonds is 2. The summed E-state index contributed by atoms with van der Waals surface area (Å²) in [5.74, 6) is 2.59. The van der Waals surface area contributed by atoms with E-state index >= 15 is 0 Å². The maximum Gasteiger partial charge on any atom is 0.175 e. The molecule has 0 spiro atoms. The van der Waals surface area contributed by atoms with Crippen LogP contribution in [-0.4, -0.2) is 25.7 Å². The van der Waals surface area contributed by atoms with E-state index in [4.69, 9.17) is 25.8 Å². The van der Waals surface area contributed by atoms with E-state index < -0.39 is 0 Å². The molecule has 2 aliphatic rings. The zero-order chi connectivity index (χ0) is 13.2. The zero-order valence-electron chi connectivity index (χ0n) is 10.5. The predicted molar refractivity (Wildman–Crippen MR) is 77.3 cm³/mol. The van der Waals surface area contributed by atoms with Crippen LogP contribution in [0.25, 0.3) is 0 Å². The van der Waals surface area contributed by atoms with Crippen LogP contribution in [0.15, 0.2) is 16.6 Å². The summed E-state index contributed by atoms with van der Waals surface area (Å²) < 4.78 is 18.2. The Morgan fingerprint density at radius 1 is 1.21 bits per heavy atom. The third-order valence-corrected chi connectivity index (χ3v) is 4.55. The monoisotopic (exact) mass is 346 g/mol. The van der Waals surface area contributed by atoms with E-state index in [9.17, 15) is 0 Å². The summed E-state index contributed by atoms with van der Waals surface area (Å²) >= 11 is 9.58. The van der Waals surface area contributed by atoms with Crippen molar-refractivity contribution in [2.24, 2.45) is 5.92 Å². The first-order valence-corrected chi connectivity index (χ1v) is 7.89. The summed E-state index contributed by atoms with van der Waals surface area (Å²) in [6.45, 7) is 2.15. The lowest BCUT2D eigenvalue weighted by atomic mass is 9.97. The standard InChI is InChI=1S/C14H16BrClO3/c15-11-6-10(13-9(8-16)2-5-19-13)7-12-14(11)18-4-1-3-17-12/h6-7,9,13H,1-5,8H2. The number of benzene rings is 1. The normalized spacial score (nSPS) is 26.2. The van der Waals surface area contributed by atoms with Crippen molar-refractivity contribution in [3.05, 3.63) is 22.2 Å². The molecule has 0 aromatic heterocycles. The van der Waals surface area contributed by atoms with Gasteiger partial charge in [0.2, 0.25) is 0 Å². The minimum absolute atomic E-state index is 0.0611. The second kappa shape index (κ2) is 5.90. The molecular formula is C14H16BrClO3. The van der Waals surface area contributed by atoms with Gasteiger partial charge in [-0.2, -0.15) is 0 Å². The van der Waals surface area contributed by atoms with Crippen molar-refractivity contribution in [1.82, 2.24) is 0 Å². The highest BCUT2D eigenvalue weighted by atomic mass is 79.9. The van der Waals surface area contributed by atoms with Crippen molar-refractivity contribution >= 4 is 27.5 Å². The Morgan fingerprint density at radius 2 is 2.05 bits per heavy atom. The Balaban J connectivity index is 1.94. The van der Waals surface area contributed by atoms with Gasteiger partial charge in [0.05, 0.1) is 23.8 Å².